The van der Waals surface area contributed by atoms with E-state index in [1.807, 2.05) is 18.3 Å². The number of hydrogen-bond donors (Lipinski definition) is 2. The van der Waals surface area contributed by atoms with Crippen molar-refractivity contribution in [3.05, 3.63) is 24.0 Å². The fourth-order valence-corrected chi connectivity index (χ4v) is 1.23. The number of aliphatic hydroxyl groups is 1. The second kappa shape index (κ2) is 4.31. The lowest BCUT2D eigenvalue weighted by Crippen LogP contribution is -2.03. The Morgan fingerprint density at radius 2 is 2.33 bits per heavy atom. The molecule has 0 radical (unpaired) electrons. The Kier molecular flexibility index (Phi) is 3.35. The van der Waals surface area contributed by atoms with Crippen LogP contribution in [0.25, 0.3) is 0 Å². The second-order valence-electron chi connectivity index (χ2n) is 3.39. The molecule has 1 aromatic heterocycles. The van der Waals surface area contributed by atoms with Crippen molar-refractivity contribution in [2.75, 3.05) is 0 Å². The van der Waals surface area contributed by atoms with Crippen molar-refractivity contribution in [3.8, 4) is 0 Å². The zero-order chi connectivity index (χ0) is 8.97. The molecule has 0 aliphatic heterocycles. The van der Waals surface area contributed by atoms with E-state index in [0.717, 1.165) is 18.5 Å². The average Bonchev–Trinajstić information content (AvgIpc) is 2.56. The van der Waals surface area contributed by atoms with Gasteiger partial charge in [-0.25, -0.2) is 0 Å². The summed E-state index contributed by atoms with van der Waals surface area (Å²) >= 11 is 0. The molecule has 0 spiro atoms. The normalized spacial score (nSPS) is 15.9. The van der Waals surface area contributed by atoms with Gasteiger partial charge in [-0.3, -0.25) is 0 Å². The molecule has 2 heteroatoms. The summed E-state index contributed by atoms with van der Waals surface area (Å²) in [6, 6.07) is 3.84. The van der Waals surface area contributed by atoms with Crippen molar-refractivity contribution in [2.24, 2.45) is 5.92 Å². The van der Waals surface area contributed by atoms with Gasteiger partial charge in [0.05, 0.1) is 6.10 Å². The van der Waals surface area contributed by atoms with Gasteiger partial charge >= 0.3 is 0 Å². The monoisotopic (exact) mass is 167 g/mol. The van der Waals surface area contributed by atoms with Crippen molar-refractivity contribution in [2.45, 2.75) is 32.8 Å². The minimum Gasteiger partial charge on any atom is -0.387 e. The van der Waals surface area contributed by atoms with Crippen LogP contribution in [-0.4, -0.2) is 10.1 Å². The smallest absolute Gasteiger partial charge is 0.0940 e. The van der Waals surface area contributed by atoms with Crippen LogP contribution in [0.5, 0.6) is 0 Å². The first-order valence-corrected chi connectivity index (χ1v) is 4.55. The SMILES string of the molecule is CCC(C)CC(O)c1ccc[nH]1. The van der Waals surface area contributed by atoms with Gasteiger partial charge < -0.3 is 10.1 Å². The molecule has 68 valence electrons. The fraction of sp³-hybridized carbons (Fsp3) is 0.600. The fourth-order valence-electron chi connectivity index (χ4n) is 1.23. The van der Waals surface area contributed by atoms with Crippen LogP contribution < -0.4 is 0 Å². The molecule has 0 bridgehead atoms. The van der Waals surface area contributed by atoms with Crippen molar-refractivity contribution >= 4 is 0 Å². The van der Waals surface area contributed by atoms with E-state index in [2.05, 4.69) is 18.8 Å². The number of aliphatic hydroxyl groups excluding tert-OH is 1. The summed E-state index contributed by atoms with van der Waals surface area (Å²) in [5.41, 5.74) is 0.926. The van der Waals surface area contributed by atoms with Crippen LogP contribution in [0, 0.1) is 5.92 Å². The minimum atomic E-state index is -0.324. The molecule has 0 amide bonds. The van der Waals surface area contributed by atoms with Crippen LogP contribution in [-0.2, 0) is 0 Å². The summed E-state index contributed by atoms with van der Waals surface area (Å²) in [7, 11) is 0. The molecular formula is C10H17NO. The predicted octanol–water partition coefficient (Wildman–Crippen LogP) is 2.48. The zero-order valence-corrected chi connectivity index (χ0v) is 7.75. The lowest BCUT2D eigenvalue weighted by atomic mass is 10.00. The maximum absolute atomic E-state index is 9.68. The molecule has 2 nitrogen and oxygen atoms in total. The number of nitrogens with one attached hydrogen (secondary N) is 1. The molecule has 0 saturated heterocycles. The van der Waals surface area contributed by atoms with Crippen LogP contribution >= 0.6 is 0 Å². The number of aromatic amines is 1. The maximum atomic E-state index is 9.68. The molecule has 0 fully saturated rings. The van der Waals surface area contributed by atoms with Gasteiger partial charge in [-0.2, -0.15) is 0 Å². The molecule has 0 aliphatic rings. The average molecular weight is 167 g/mol. The predicted molar refractivity (Wildman–Crippen MR) is 49.8 cm³/mol. The highest BCUT2D eigenvalue weighted by atomic mass is 16.3. The Morgan fingerprint density at radius 1 is 1.58 bits per heavy atom. The van der Waals surface area contributed by atoms with Crippen LogP contribution in [0.1, 0.15) is 38.5 Å². The van der Waals surface area contributed by atoms with Crippen molar-refractivity contribution in [1.82, 2.24) is 4.98 Å². The van der Waals surface area contributed by atoms with Crippen LogP contribution in [0.3, 0.4) is 0 Å². The first kappa shape index (κ1) is 9.33. The third kappa shape index (κ3) is 2.38. The van der Waals surface area contributed by atoms with Gasteiger partial charge in [0, 0.05) is 11.9 Å². The number of rotatable bonds is 4. The first-order chi connectivity index (χ1) is 5.74. The van der Waals surface area contributed by atoms with E-state index in [1.165, 1.54) is 0 Å². The summed E-state index contributed by atoms with van der Waals surface area (Å²) in [4.78, 5) is 3.02. The van der Waals surface area contributed by atoms with E-state index >= 15 is 0 Å². The number of aromatic nitrogens is 1. The maximum Gasteiger partial charge on any atom is 0.0940 e. The van der Waals surface area contributed by atoms with E-state index in [0.29, 0.717) is 5.92 Å². The Morgan fingerprint density at radius 3 is 2.83 bits per heavy atom. The molecule has 0 aliphatic carbocycles. The van der Waals surface area contributed by atoms with Crippen LogP contribution in [0.2, 0.25) is 0 Å². The van der Waals surface area contributed by atoms with Crippen LogP contribution in [0.15, 0.2) is 18.3 Å². The summed E-state index contributed by atoms with van der Waals surface area (Å²) in [5.74, 6) is 0.586. The Bertz CT molecular complexity index is 206. The molecule has 0 saturated carbocycles. The Balaban J connectivity index is 2.44. The van der Waals surface area contributed by atoms with Gasteiger partial charge in [-0.15, -0.1) is 0 Å². The van der Waals surface area contributed by atoms with Gasteiger partial charge in [0.25, 0.3) is 0 Å². The highest BCUT2D eigenvalue weighted by molar-refractivity contribution is 5.06. The minimum absolute atomic E-state index is 0.324. The summed E-state index contributed by atoms with van der Waals surface area (Å²) in [5, 5.41) is 9.68. The van der Waals surface area contributed by atoms with E-state index in [9.17, 15) is 5.11 Å². The number of hydrogen-bond acceptors (Lipinski definition) is 1. The van der Waals surface area contributed by atoms with Crippen molar-refractivity contribution < 1.29 is 5.11 Å². The highest BCUT2D eigenvalue weighted by Gasteiger charge is 2.10. The Hall–Kier alpha value is -0.760. The van der Waals surface area contributed by atoms with Gasteiger partial charge in [0.2, 0.25) is 0 Å². The largest absolute Gasteiger partial charge is 0.387 e. The molecule has 1 heterocycles. The third-order valence-corrected chi connectivity index (χ3v) is 2.30. The zero-order valence-electron chi connectivity index (χ0n) is 7.75. The molecule has 1 aromatic rings. The van der Waals surface area contributed by atoms with Gasteiger partial charge in [0.1, 0.15) is 0 Å². The van der Waals surface area contributed by atoms with E-state index in [4.69, 9.17) is 0 Å². The lowest BCUT2D eigenvalue weighted by Gasteiger charge is -2.13. The number of H-pyrrole nitrogens is 1. The highest BCUT2D eigenvalue weighted by Crippen LogP contribution is 2.20. The quantitative estimate of drug-likeness (QED) is 0.710. The van der Waals surface area contributed by atoms with Gasteiger partial charge in [-0.1, -0.05) is 20.3 Å². The molecule has 1 rings (SSSR count). The third-order valence-electron chi connectivity index (χ3n) is 2.30. The second-order valence-corrected chi connectivity index (χ2v) is 3.39. The van der Waals surface area contributed by atoms with Crippen molar-refractivity contribution in [3.63, 3.8) is 0 Å². The standard InChI is InChI=1S/C10H17NO/c1-3-8(2)7-10(12)9-5-4-6-11-9/h4-6,8,10-12H,3,7H2,1-2H3. The summed E-state index contributed by atoms with van der Waals surface area (Å²) in [6.45, 7) is 4.30. The molecular weight excluding hydrogens is 150 g/mol. The van der Waals surface area contributed by atoms with E-state index in [-0.39, 0.29) is 6.10 Å². The lowest BCUT2D eigenvalue weighted by molar-refractivity contribution is 0.142. The first-order valence-electron chi connectivity index (χ1n) is 4.55. The van der Waals surface area contributed by atoms with Gasteiger partial charge in [0.15, 0.2) is 0 Å². The Labute approximate surface area is 73.6 Å². The van der Waals surface area contributed by atoms with E-state index in [1.54, 1.807) is 0 Å². The topological polar surface area (TPSA) is 36.0 Å². The summed E-state index contributed by atoms with van der Waals surface area (Å²) in [6.07, 6.45) is 3.49. The van der Waals surface area contributed by atoms with E-state index < -0.39 is 0 Å². The summed E-state index contributed by atoms with van der Waals surface area (Å²) < 4.78 is 0. The van der Waals surface area contributed by atoms with Gasteiger partial charge in [-0.05, 0) is 24.5 Å². The molecule has 2 unspecified atom stereocenters. The molecule has 2 N–H and O–H groups in total. The molecule has 0 aromatic carbocycles. The van der Waals surface area contributed by atoms with Crippen molar-refractivity contribution in [1.29, 1.82) is 0 Å². The molecule has 12 heavy (non-hydrogen) atoms. The molecule has 2 atom stereocenters. The van der Waals surface area contributed by atoms with Crippen LogP contribution in [0.4, 0.5) is 0 Å².